The van der Waals surface area contributed by atoms with Crippen LogP contribution in [-0.4, -0.2) is 6.54 Å². The lowest BCUT2D eigenvalue weighted by atomic mass is 9.76. The summed E-state index contributed by atoms with van der Waals surface area (Å²) in [5.41, 5.74) is 14.1. The molecule has 0 spiro atoms. The SMILES string of the molecule is CCC(C)C(CC(C)C)/C(C)=C(/c1ccc(C)cc1)c1ccc(CCCCCCN)cc1. The van der Waals surface area contributed by atoms with Crippen LogP contribution in [0, 0.1) is 24.7 Å². The molecular weight excluding hydrogens is 386 g/mol. The normalized spacial score (nSPS) is 14.4. The van der Waals surface area contributed by atoms with Gasteiger partial charge in [0.1, 0.15) is 0 Å². The van der Waals surface area contributed by atoms with Gasteiger partial charge in [-0.15, -0.1) is 0 Å². The molecule has 176 valence electrons. The molecule has 0 aromatic heterocycles. The Balaban J connectivity index is 2.39. The molecule has 0 aliphatic carbocycles. The highest BCUT2D eigenvalue weighted by Crippen LogP contribution is 2.37. The van der Waals surface area contributed by atoms with Gasteiger partial charge in [0.15, 0.2) is 0 Å². The zero-order chi connectivity index (χ0) is 23.5. The van der Waals surface area contributed by atoms with Crippen molar-refractivity contribution in [1.82, 2.24) is 0 Å². The summed E-state index contributed by atoms with van der Waals surface area (Å²) in [6.45, 7) is 14.8. The van der Waals surface area contributed by atoms with Crippen molar-refractivity contribution in [2.75, 3.05) is 6.54 Å². The van der Waals surface area contributed by atoms with E-state index in [1.54, 1.807) is 5.57 Å². The minimum atomic E-state index is 0.610. The van der Waals surface area contributed by atoms with Gasteiger partial charge >= 0.3 is 0 Å². The van der Waals surface area contributed by atoms with E-state index in [2.05, 4.69) is 90.1 Å². The van der Waals surface area contributed by atoms with Gasteiger partial charge < -0.3 is 5.73 Å². The molecule has 0 saturated carbocycles. The number of nitrogens with two attached hydrogens (primary N) is 1. The van der Waals surface area contributed by atoms with Gasteiger partial charge in [-0.2, -0.15) is 0 Å². The predicted molar refractivity (Wildman–Crippen MR) is 143 cm³/mol. The first-order valence-corrected chi connectivity index (χ1v) is 12.9. The Morgan fingerprint density at radius 3 is 1.91 bits per heavy atom. The van der Waals surface area contributed by atoms with E-state index < -0.39 is 0 Å². The minimum absolute atomic E-state index is 0.610. The summed E-state index contributed by atoms with van der Waals surface area (Å²) in [4.78, 5) is 0. The largest absolute Gasteiger partial charge is 0.330 e. The minimum Gasteiger partial charge on any atom is -0.330 e. The van der Waals surface area contributed by atoms with E-state index >= 15 is 0 Å². The van der Waals surface area contributed by atoms with Crippen LogP contribution in [0.25, 0.3) is 5.57 Å². The Kier molecular flexibility index (Phi) is 11.2. The van der Waals surface area contributed by atoms with Gasteiger partial charge in [0.2, 0.25) is 0 Å². The molecular formula is C31H47N. The van der Waals surface area contributed by atoms with Crippen LogP contribution in [0.4, 0.5) is 0 Å². The molecule has 2 rings (SSSR count). The Morgan fingerprint density at radius 1 is 0.812 bits per heavy atom. The highest BCUT2D eigenvalue weighted by molar-refractivity contribution is 5.82. The van der Waals surface area contributed by atoms with Crippen LogP contribution in [0.15, 0.2) is 54.1 Å². The third-order valence-electron chi connectivity index (χ3n) is 7.01. The van der Waals surface area contributed by atoms with Crippen molar-refractivity contribution >= 4 is 5.57 Å². The second-order valence-corrected chi connectivity index (χ2v) is 10.2. The number of benzene rings is 2. The van der Waals surface area contributed by atoms with E-state index in [1.807, 2.05) is 0 Å². The number of rotatable bonds is 13. The van der Waals surface area contributed by atoms with E-state index in [0.717, 1.165) is 19.4 Å². The number of hydrogen-bond acceptors (Lipinski definition) is 1. The first kappa shape index (κ1) is 26.4. The molecule has 2 atom stereocenters. The topological polar surface area (TPSA) is 26.0 Å². The lowest BCUT2D eigenvalue weighted by Crippen LogP contribution is -2.16. The Labute approximate surface area is 198 Å². The molecule has 0 fully saturated rings. The van der Waals surface area contributed by atoms with Crippen LogP contribution in [0.3, 0.4) is 0 Å². The van der Waals surface area contributed by atoms with Gasteiger partial charge in [0.05, 0.1) is 0 Å². The third-order valence-corrected chi connectivity index (χ3v) is 7.01. The Bertz CT molecular complexity index is 811. The van der Waals surface area contributed by atoms with Gasteiger partial charge in [-0.3, -0.25) is 0 Å². The average molecular weight is 434 g/mol. The number of unbranched alkanes of at least 4 members (excludes halogenated alkanes) is 3. The van der Waals surface area contributed by atoms with Crippen LogP contribution in [0.1, 0.15) is 95.4 Å². The number of aryl methyl sites for hydroxylation is 2. The Hall–Kier alpha value is -1.86. The van der Waals surface area contributed by atoms with E-state index in [4.69, 9.17) is 5.73 Å². The average Bonchev–Trinajstić information content (AvgIpc) is 2.79. The first-order valence-electron chi connectivity index (χ1n) is 12.9. The fourth-order valence-corrected chi connectivity index (χ4v) is 4.82. The fourth-order valence-electron chi connectivity index (χ4n) is 4.82. The maximum atomic E-state index is 5.62. The lowest BCUT2D eigenvalue weighted by molar-refractivity contribution is 0.335. The molecule has 1 nitrogen and oxygen atoms in total. The van der Waals surface area contributed by atoms with Gasteiger partial charge in [0.25, 0.3) is 0 Å². The summed E-state index contributed by atoms with van der Waals surface area (Å²) in [6, 6.07) is 18.5. The zero-order valence-corrected chi connectivity index (χ0v) is 21.6. The van der Waals surface area contributed by atoms with Crippen LogP contribution in [-0.2, 0) is 6.42 Å². The molecule has 2 unspecified atom stereocenters. The van der Waals surface area contributed by atoms with Crippen molar-refractivity contribution in [2.45, 2.75) is 86.5 Å². The highest BCUT2D eigenvalue weighted by Gasteiger charge is 2.23. The van der Waals surface area contributed by atoms with Gasteiger partial charge in [0, 0.05) is 0 Å². The van der Waals surface area contributed by atoms with Crippen LogP contribution in [0.5, 0.6) is 0 Å². The molecule has 2 aromatic carbocycles. The van der Waals surface area contributed by atoms with Crippen molar-refractivity contribution in [3.8, 4) is 0 Å². The smallest absolute Gasteiger partial charge is 0.00773 e. The number of allylic oxidation sites excluding steroid dienone is 1. The third kappa shape index (κ3) is 7.93. The van der Waals surface area contributed by atoms with Crippen molar-refractivity contribution in [3.05, 3.63) is 76.4 Å². The monoisotopic (exact) mass is 433 g/mol. The maximum Gasteiger partial charge on any atom is -0.00773 e. The predicted octanol–water partition coefficient (Wildman–Crippen LogP) is 8.59. The maximum absolute atomic E-state index is 5.62. The molecule has 0 heterocycles. The van der Waals surface area contributed by atoms with E-state index in [1.165, 1.54) is 59.9 Å². The Morgan fingerprint density at radius 2 is 1.38 bits per heavy atom. The van der Waals surface area contributed by atoms with Crippen molar-refractivity contribution < 1.29 is 0 Å². The summed E-state index contributed by atoms with van der Waals surface area (Å²) in [7, 11) is 0. The molecule has 0 saturated heterocycles. The summed E-state index contributed by atoms with van der Waals surface area (Å²) < 4.78 is 0. The van der Waals surface area contributed by atoms with Crippen LogP contribution in [0.2, 0.25) is 0 Å². The first-order chi connectivity index (χ1) is 15.4. The molecule has 0 aliphatic rings. The molecule has 2 N–H and O–H groups in total. The quantitative estimate of drug-likeness (QED) is 0.314. The second kappa shape index (κ2) is 13.6. The molecule has 0 amide bonds. The number of hydrogen-bond donors (Lipinski definition) is 1. The van der Waals surface area contributed by atoms with E-state index in [9.17, 15) is 0 Å². The van der Waals surface area contributed by atoms with Crippen LogP contribution < -0.4 is 5.73 Å². The van der Waals surface area contributed by atoms with Gasteiger partial charge in [-0.1, -0.05) is 107 Å². The van der Waals surface area contributed by atoms with E-state index in [-0.39, 0.29) is 0 Å². The molecule has 0 bridgehead atoms. The molecule has 0 aliphatic heterocycles. The zero-order valence-electron chi connectivity index (χ0n) is 21.6. The van der Waals surface area contributed by atoms with Gasteiger partial charge in [-0.05, 0) is 86.1 Å². The summed E-state index contributed by atoms with van der Waals surface area (Å²) in [6.07, 6.45) is 8.56. The fraction of sp³-hybridized carbons (Fsp3) is 0.548. The summed E-state index contributed by atoms with van der Waals surface area (Å²) in [5, 5.41) is 0. The molecule has 2 aromatic rings. The van der Waals surface area contributed by atoms with Crippen molar-refractivity contribution in [1.29, 1.82) is 0 Å². The second-order valence-electron chi connectivity index (χ2n) is 10.2. The molecule has 0 radical (unpaired) electrons. The van der Waals surface area contributed by atoms with E-state index in [0.29, 0.717) is 17.8 Å². The standard InChI is InChI=1S/C31H47N/c1-7-25(5)30(22-23(2)3)26(6)31(28-17-13-24(4)14-18-28)29-19-15-27(16-20-29)12-10-8-9-11-21-32/h13-20,23,25,30H,7-12,21-22,32H2,1-6H3/b31-26-. The van der Waals surface area contributed by atoms with Gasteiger partial charge in [-0.25, -0.2) is 0 Å². The highest BCUT2D eigenvalue weighted by atomic mass is 14.5. The van der Waals surface area contributed by atoms with Crippen LogP contribution >= 0.6 is 0 Å². The lowest BCUT2D eigenvalue weighted by Gasteiger charge is -2.29. The molecule has 32 heavy (non-hydrogen) atoms. The summed E-state index contributed by atoms with van der Waals surface area (Å²) in [5.74, 6) is 1.99. The van der Waals surface area contributed by atoms with Crippen molar-refractivity contribution in [2.24, 2.45) is 23.5 Å². The summed E-state index contributed by atoms with van der Waals surface area (Å²) >= 11 is 0. The molecule has 1 heteroatoms. The van der Waals surface area contributed by atoms with Crippen molar-refractivity contribution in [3.63, 3.8) is 0 Å².